The van der Waals surface area contributed by atoms with Crippen LogP contribution in [0.3, 0.4) is 0 Å². The van der Waals surface area contributed by atoms with Crippen LogP contribution in [0.5, 0.6) is 0 Å². The van der Waals surface area contributed by atoms with E-state index in [1.807, 2.05) is 20.8 Å². The third-order valence-corrected chi connectivity index (χ3v) is 2.49. The molecule has 0 aliphatic heterocycles. The van der Waals surface area contributed by atoms with Crippen molar-refractivity contribution in [3.05, 3.63) is 0 Å². The number of carbonyl (C=O) groups is 1. The third-order valence-electron chi connectivity index (χ3n) is 2.49. The van der Waals surface area contributed by atoms with E-state index in [-0.39, 0.29) is 5.91 Å². The SMILES string of the molecule is CCOCCN(CCOCC)C(=O)[C@@H](N)CC. The summed E-state index contributed by atoms with van der Waals surface area (Å²) in [6.45, 7) is 9.34. The van der Waals surface area contributed by atoms with Gasteiger partial charge in [0.15, 0.2) is 0 Å². The highest BCUT2D eigenvalue weighted by molar-refractivity contribution is 5.81. The number of hydrogen-bond acceptors (Lipinski definition) is 4. The van der Waals surface area contributed by atoms with E-state index in [4.69, 9.17) is 15.2 Å². The van der Waals surface area contributed by atoms with Crippen molar-refractivity contribution in [2.75, 3.05) is 39.5 Å². The molecule has 0 aromatic carbocycles. The number of nitrogens with two attached hydrogens (primary N) is 1. The van der Waals surface area contributed by atoms with E-state index >= 15 is 0 Å². The topological polar surface area (TPSA) is 64.8 Å². The third kappa shape index (κ3) is 7.31. The molecule has 0 aliphatic rings. The molecule has 0 saturated carbocycles. The predicted molar refractivity (Wildman–Crippen MR) is 67.8 cm³/mol. The smallest absolute Gasteiger partial charge is 0.239 e. The summed E-state index contributed by atoms with van der Waals surface area (Å²) in [6.07, 6.45) is 0.651. The zero-order chi connectivity index (χ0) is 13.1. The Bertz CT molecular complexity index is 190. The highest BCUT2D eigenvalue weighted by Gasteiger charge is 2.18. The quantitative estimate of drug-likeness (QED) is 0.574. The molecular formula is C12H26N2O3. The van der Waals surface area contributed by atoms with E-state index < -0.39 is 6.04 Å². The second kappa shape index (κ2) is 10.5. The summed E-state index contributed by atoms with van der Waals surface area (Å²) in [5.74, 6) is -0.0214. The fourth-order valence-corrected chi connectivity index (χ4v) is 1.38. The second-order valence-electron chi connectivity index (χ2n) is 3.73. The summed E-state index contributed by atoms with van der Waals surface area (Å²) < 4.78 is 10.5. The van der Waals surface area contributed by atoms with E-state index in [2.05, 4.69) is 0 Å². The molecule has 0 unspecified atom stereocenters. The Morgan fingerprint density at radius 1 is 1.12 bits per heavy atom. The molecule has 0 bridgehead atoms. The van der Waals surface area contributed by atoms with Crippen LogP contribution in [0.25, 0.3) is 0 Å². The molecule has 1 atom stereocenters. The Kier molecular flexibility index (Phi) is 10.1. The van der Waals surface area contributed by atoms with Gasteiger partial charge in [0.25, 0.3) is 0 Å². The van der Waals surface area contributed by atoms with Gasteiger partial charge >= 0.3 is 0 Å². The van der Waals surface area contributed by atoms with Crippen molar-refractivity contribution in [2.24, 2.45) is 5.73 Å². The molecule has 0 fully saturated rings. The Morgan fingerprint density at radius 3 is 1.94 bits per heavy atom. The molecule has 0 spiro atoms. The maximum Gasteiger partial charge on any atom is 0.239 e. The number of ether oxygens (including phenoxy) is 2. The first-order valence-corrected chi connectivity index (χ1v) is 6.37. The molecule has 0 aliphatic carbocycles. The normalized spacial score (nSPS) is 12.5. The molecule has 1 amide bonds. The first kappa shape index (κ1) is 16.4. The van der Waals surface area contributed by atoms with Crippen LogP contribution in [0.4, 0.5) is 0 Å². The number of carbonyl (C=O) groups excluding carboxylic acids is 1. The first-order valence-electron chi connectivity index (χ1n) is 6.37. The lowest BCUT2D eigenvalue weighted by Crippen LogP contribution is -2.46. The van der Waals surface area contributed by atoms with Gasteiger partial charge in [-0.2, -0.15) is 0 Å². The highest BCUT2D eigenvalue weighted by Crippen LogP contribution is 1.98. The molecule has 5 heteroatoms. The van der Waals surface area contributed by atoms with Crippen LogP contribution in [0, 0.1) is 0 Å². The van der Waals surface area contributed by atoms with Crippen LogP contribution < -0.4 is 5.73 Å². The van der Waals surface area contributed by atoms with Crippen LogP contribution in [-0.2, 0) is 14.3 Å². The van der Waals surface area contributed by atoms with E-state index in [1.54, 1.807) is 4.90 Å². The summed E-state index contributed by atoms with van der Waals surface area (Å²) in [5, 5.41) is 0. The van der Waals surface area contributed by atoms with E-state index in [1.165, 1.54) is 0 Å². The summed E-state index contributed by atoms with van der Waals surface area (Å²) in [5.41, 5.74) is 5.75. The molecule has 0 heterocycles. The van der Waals surface area contributed by atoms with E-state index in [0.29, 0.717) is 45.9 Å². The first-order chi connectivity index (χ1) is 8.17. The van der Waals surface area contributed by atoms with Crippen molar-refractivity contribution in [3.8, 4) is 0 Å². The zero-order valence-electron chi connectivity index (χ0n) is 11.3. The maximum atomic E-state index is 12.0. The van der Waals surface area contributed by atoms with Crippen LogP contribution in [0.15, 0.2) is 0 Å². The number of amides is 1. The zero-order valence-corrected chi connectivity index (χ0v) is 11.3. The molecule has 5 nitrogen and oxygen atoms in total. The van der Waals surface area contributed by atoms with E-state index in [0.717, 1.165) is 0 Å². The Morgan fingerprint density at radius 2 is 1.59 bits per heavy atom. The minimum Gasteiger partial charge on any atom is -0.380 e. The number of rotatable bonds is 10. The highest BCUT2D eigenvalue weighted by atomic mass is 16.5. The van der Waals surface area contributed by atoms with E-state index in [9.17, 15) is 4.79 Å². The second-order valence-corrected chi connectivity index (χ2v) is 3.73. The minimum absolute atomic E-state index is 0.0214. The molecule has 0 saturated heterocycles. The fraction of sp³-hybridized carbons (Fsp3) is 0.917. The number of hydrogen-bond donors (Lipinski definition) is 1. The standard InChI is InChI=1S/C12H26N2O3/c1-4-11(13)12(15)14(7-9-16-5-2)8-10-17-6-3/h11H,4-10,13H2,1-3H3/t11-/m0/s1. The molecule has 102 valence electrons. The van der Waals surface area contributed by atoms with Crippen molar-refractivity contribution in [1.29, 1.82) is 0 Å². The lowest BCUT2D eigenvalue weighted by atomic mass is 10.2. The molecule has 2 N–H and O–H groups in total. The van der Waals surface area contributed by atoms with Gasteiger partial charge in [0, 0.05) is 26.3 Å². The Labute approximate surface area is 104 Å². The van der Waals surface area contributed by atoms with Gasteiger partial charge in [-0.1, -0.05) is 6.92 Å². The number of nitrogens with zero attached hydrogens (tertiary/aromatic N) is 1. The minimum atomic E-state index is -0.418. The summed E-state index contributed by atoms with van der Waals surface area (Å²) in [6, 6.07) is -0.418. The molecular weight excluding hydrogens is 220 g/mol. The van der Waals surface area contributed by atoms with Gasteiger partial charge < -0.3 is 20.1 Å². The lowest BCUT2D eigenvalue weighted by molar-refractivity contribution is -0.134. The van der Waals surface area contributed by atoms with Crippen LogP contribution in [0.1, 0.15) is 27.2 Å². The lowest BCUT2D eigenvalue weighted by Gasteiger charge is -2.25. The molecule has 17 heavy (non-hydrogen) atoms. The average Bonchev–Trinajstić information content (AvgIpc) is 2.35. The molecule has 0 rings (SSSR count). The van der Waals surface area contributed by atoms with Crippen LogP contribution in [0.2, 0.25) is 0 Å². The van der Waals surface area contributed by atoms with Crippen molar-refractivity contribution >= 4 is 5.91 Å². The van der Waals surface area contributed by atoms with Gasteiger partial charge in [-0.15, -0.1) is 0 Å². The van der Waals surface area contributed by atoms with Gasteiger partial charge in [-0.25, -0.2) is 0 Å². The maximum absolute atomic E-state index is 12.0. The van der Waals surface area contributed by atoms with Crippen molar-refractivity contribution in [2.45, 2.75) is 33.2 Å². The van der Waals surface area contributed by atoms with Crippen LogP contribution in [-0.4, -0.2) is 56.4 Å². The monoisotopic (exact) mass is 246 g/mol. The summed E-state index contributed by atoms with van der Waals surface area (Å²) in [4.78, 5) is 13.7. The van der Waals surface area contributed by atoms with Crippen molar-refractivity contribution in [3.63, 3.8) is 0 Å². The largest absolute Gasteiger partial charge is 0.380 e. The van der Waals surface area contributed by atoms with Gasteiger partial charge in [0.05, 0.1) is 19.3 Å². The predicted octanol–water partition coefficient (Wildman–Crippen LogP) is 0.625. The molecule has 0 aromatic heterocycles. The van der Waals surface area contributed by atoms with Crippen LogP contribution >= 0.6 is 0 Å². The molecule has 0 aromatic rings. The Hall–Kier alpha value is -0.650. The fourth-order valence-electron chi connectivity index (χ4n) is 1.38. The Balaban J connectivity index is 4.12. The van der Waals surface area contributed by atoms with Gasteiger partial charge in [-0.05, 0) is 20.3 Å². The summed E-state index contributed by atoms with van der Waals surface area (Å²) >= 11 is 0. The van der Waals surface area contributed by atoms with Crippen molar-refractivity contribution < 1.29 is 14.3 Å². The van der Waals surface area contributed by atoms with Gasteiger partial charge in [0.2, 0.25) is 5.91 Å². The summed E-state index contributed by atoms with van der Waals surface area (Å²) in [7, 11) is 0. The average molecular weight is 246 g/mol. The molecule has 0 radical (unpaired) electrons. The van der Waals surface area contributed by atoms with Gasteiger partial charge in [-0.3, -0.25) is 4.79 Å². The van der Waals surface area contributed by atoms with Gasteiger partial charge in [0.1, 0.15) is 0 Å². The van der Waals surface area contributed by atoms with Crippen molar-refractivity contribution in [1.82, 2.24) is 4.90 Å².